The summed E-state index contributed by atoms with van der Waals surface area (Å²) < 4.78 is 12.2. The summed E-state index contributed by atoms with van der Waals surface area (Å²) in [6.07, 6.45) is 6.67. The lowest BCUT2D eigenvalue weighted by molar-refractivity contribution is 0.0377. The number of aromatic amines is 2. The lowest BCUT2D eigenvalue weighted by Crippen LogP contribution is -2.38. The number of nitrogens with one attached hydrogen (secondary N) is 2. The van der Waals surface area contributed by atoms with Gasteiger partial charge in [-0.1, -0.05) is 12.1 Å². The molecule has 9 heteroatoms. The van der Waals surface area contributed by atoms with Crippen molar-refractivity contribution in [1.29, 1.82) is 0 Å². The van der Waals surface area contributed by atoms with Crippen LogP contribution in [0, 0.1) is 6.92 Å². The zero-order valence-corrected chi connectivity index (χ0v) is 23.4. The fraction of sp³-hybridized carbons (Fsp3) is 0.242. The van der Waals surface area contributed by atoms with Crippen molar-refractivity contribution in [3.05, 3.63) is 78.8 Å². The number of rotatable bonds is 6. The van der Waals surface area contributed by atoms with Crippen LogP contribution in [0.5, 0.6) is 11.5 Å². The van der Waals surface area contributed by atoms with Crippen LogP contribution in [0.25, 0.3) is 44.1 Å². The van der Waals surface area contributed by atoms with Crippen LogP contribution < -0.4 is 9.64 Å². The minimum absolute atomic E-state index is 0.763. The number of anilines is 2. The molecule has 0 aliphatic carbocycles. The smallest absolute Gasteiger partial charge is 0.176 e. The Bertz CT molecular complexity index is 1920. The van der Waals surface area contributed by atoms with E-state index in [1.54, 1.807) is 0 Å². The number of ether oxygens (including phenoxy) is 2. The monoisotopic (exact) mass is 557 g/mol. The van der Waals surface area contributed by atoms with Crippen molar-refractivity contribution in [2.75, 3.05) is 44.3 Å². The van der Waals surface area contributed by atoms with Gasteiger partial charge in [0.05, 0.1) is 42.3 Å². The van der Waals surface area contributed by atoms with Gasteiger partial charge in [-0.25, -0.2) is 4.98 Å². The van der Waals surface area contributed by atoms with Crippen molar-refractivity contribution in [1.82, 2.24) is 30.3 Å². The Balaban J connectivity index is 1.17. The number of benzene rings is 3. The molecule has 0 radical (unpaired) electrons. The second-order valence-electron chi connectivity index (χ2n) is 11.1. The highest BCUT2D eigenvalue weighted by atomic mass is 16.5. The summed E-state index contributed by atoms with van der Waals surface area (Å²) in [7, 11) is 0. The number of hydrogen-bond acceptors (Lipinski definition) is 7. The summed E-state index contributed by atoms with van der Waals surface area (Å²) in [5, 5.41) is 16.6. The number of morpholine rings is 1. The number of fused-ring (bicyclic) bond motifs is 4. The van der Waals surface area contributed by atoms with Crippen molar-refractivity contribution in [2.45, 2.75) is 13.3 Å². The molecule has 0 unspecified atom stereocenters. The number of aromatic nitrogens is 5. The Morgan fingerprint density at radius 2 is 1.50 bits per heavy atom. The van der Waals surface area contributed by atoms with Crippen LogP contribution in [0.2, 0.25) is 0 Å². The third kappa shape index (κ3) is 4.47. The summed E-state index contributed by atoms with van der Waals surface area (Å²) in [6.45, 7) is 7.63. The number of pyridine rings is 1. The van der Waals surface area contributed by atoms with Crippen molar-refractivity contribution in [2.24, 2.45) is 0 Å². The molecule has 3 aromatic heterocycles. The third-order valence-electron chi connectivity index (χ3n) is 8.39. The maximum atomic E-state index is 6.66. The summed E-state index contributed by atoms with van der Waals surface area (Å²) in [6, 6.07) is 19.2. The van der Waals surface area contributed by atoms with Crippen molar-refractivity contribution < 1.29 is 9.47 Å². The Hall–Kier alpha value is -4.73. The third-order valence-corrected chi connectivity index (χ3v) is 8.39. The molecule has 0 saturated carbocycles. The van der Waals surface area contributed by atoms with Crippen LogP contribution in [0.4, 0.5) is 11.5 Å². The maximum absolute atomic E-state index is 6.66. The molecule has 0 spiro atoms. The standard InChI is InChI=1S/C33H31N7O2/c1-21-13-30-31(17-27(21)23-4-6-29-26(15-23)20-36-38-29)42-32-16-24(22-3-5-28-25(14-22)19-35-37-28)18-34-33(32)40(30)8-2-7-39-9-11-41-12-10-39/h3-6,13-20H,2,7-12H2,1H3,(H,35,37)(H,36,38). The molecule has 8 rings (SSSR count). The molecule has 3 aromatic carbocycles. The molecule has 9 nitrogen and oxygen atoms in total. The Morgan fingerprint density at radius 3 is 2.29 bits per heavy atom. The molecular weight excluding hydrogens is 526 g/mol. The van der Waals surface area contributed by atoms with Gasteiger partial charge in [-0.2, -0.15) is 10.2 Å². The molecular formula is C33H31N7O2. The van der Waals surface area contributed by atoms with Gasteiger partial charge in [-0.3, -0.25) is 15.1 Å². The van der Waals surface area contributed by atoms with E-state index < -0.39 is 0 Å². The van der Waals surface area contributed by atoms with E-state index in [1.165, 1.54) is 5.56 Å². The van der Waals surface area contributed by atoms with E-state index in [4.69, 9.17) is 14.5 Å². The summed E-state index contributed by atoms with van der Waals surface area (Å²) in [5.74, 6) is 2.45. The second-order valence-corrected chi connectivity index (χ2v) is 11.1. The van der Waals surface area contributed by atoms with Gasteiger partial charge >= 0.3 is 0 Å². The van der Waals surface area contributed by atoms with Gasteiger partial charge < -0.3 is 14.4 Å². The molecule has 2 aliphatic rings. The average molecular weight is 558 g/mol. The van der Waals surface area contributed by atoms with Gasteiger partial charge in [0.2, 0.25) is 0 Å². The predicted octanol–water partition coefficient (Wildman–Crippen LogP) is 6.44. The molecule has 210 valence electrons. The molecule has 5 heterocycles. The molecule has 2 aliphatic heterocycles. The van der Waals surface area contributed by atoms with Crippen molar-refractivity contribution in [3.63, 3.8) is 0 Å². The topological polar surface area (TPSA) is 95.2 Å². The molecule has 42 heavy (non-hydrogen) atoms. The summed E-state index contributed by atoms with van der Waals surface area (Å²) in [5.41, 5.74) is 8.63. The van der Waals surface area contributed by atoms with E-state index in [2.05, 4.69) is 91.7 Å². The average Bonchev–Trinajstić information content (AvgIpc) is 3.70. The lowest BCUT2D eigenvalue weighted by Gasteiger charge is -2.34. The lowest BCUT2D eigenvalue weighted by atomic mass is 9.97. The van der Waals surface area contributed by atoms with Crippen LogP contribution in [0.1, 0.15) is 12.0 Å². The Labute approximate surface area is 243 Å². The van der Waals surface area contributed by atoms with Gasteiger partial charge in [0.1, 0.15) is 0 Å². The molecule has 2 N–H and O–H groups in total. The zero-order chi connectivity index (χ0) is 28.0. The van der Waals surface area contributed by atoms with E-state index in [9.17, 15) is 0 Å². The minimum atomic E-state index is 0.763. The normalized spacial score (nSPS) is 15.1. The minimum Gasteiger partial charge on any atom is -0.451 e. The molecule has 1 saturated heterocycles. The molecule has 1 fully saturated rings. The Morgan fingerprint density at radius 1 is 0.762 bits per heavy atom. The van der Waals surface area contributed by atoms with Crippen LogP contribution in [0.3, 0.4) is 0 Å². The zero-order valence-electron chi connectivity index (χ0n) is 23.4. The molecule has 0 bridgehead atoms. The number of nitrogens with zero attached hydrogens (tertiary/aromatic N) is 5. The largest absolute Gasteiger partial charge is 0.451 e. The number of aryl methyl sites for hydroxylation is 1. The quantitative estimate of drug-likeness (QED) is 0.243. The molecule has 0 amide bonds. The van der Waals surface area contributed by atoms with Crippen LogP contribution >= 0.6 is 0 Å². The predicted molar refractivity (Wildman–Crippen MR) is 165 cm³/mol. The van der Waals surface area contributed by atoms with E-state index in [0.717, 1.165) is 113 Å². The highest BCUT2D eigenvalue weighted by Crippen LogP contribution is 2.49. The molecule has 6 aromatic rings. The first-order valence-electron chi connectivity index (χ1n) is 14.5. The maximum Gasteiger partial charge on any atom is 0.176 e. The first-order valence-corrected chi connectivity index (χ1v) is 14.5. The van der Waals surface area contributed by atoms with Gasteiger partial charge in [0.15, 0.2) is 17.3 Å². The fourth-order valence-corrected chi connectivity index (χ4v) is 6.12. The van der Waals surface area contributed by atoms with Crippen LogP contribution in [-0.2, 0) is 4.74 Å². The van der Waals surface area contributed by atoms with Crippen molar-refractivity contribution in [3.8, 4) is 33.8 Å². The van der Waals surface area contributed by atoms with Crippen LogP contribution in [0.15, 0.2) is 73.2 Å². The SMILES string of the molecule is Cc1cc2c(cc1-c1ccc3[nH]ncc3c1)Oc1cc(-c3ccc4[nH]ncc4c3)cnc1N2CCCN1CCOCC1. The van der Waals surface area contributed by atoms with Gasteiger partial charge in [-0.05, 0) is 78.1 Å². The molecule has 0 atom stereocenters. The highest BCUT2D eigenvalue weighted by molar-refractivity contribution is 5.88. The first kappa shape index (κ1) is 25.0. The fourth-order valence-electron chi connectivity index (χ4n) is 6.12. The first-order chi connectivity index (χ1) is 20.7. The Kier molecular flexibility index (Phi) is 6.12. The van der Waals surface area contributed by atoms with E-state index in [-0.39, 0.29) is 0 Å². The second kappa shape index (κ2) is 10.3. The summed E-state index contributed by atoms with van der Waals surface area (Å²) >= 11 is 0. The van der Waals surface area contributed by atoms with Gasteiger partial charge in [0, 0.05) is 48.7 Å². The highest BCUT2D eigenvalue weighted by Gasteiger charge is 2.28. The van der Waals surface area contributed by atoms with Crippen LogP contribution in [-0.4, -0.2) is 69.7 Å². The van der Waals surface area contributed by atoms with E-state index in [1.807, 2.05) is 18.6 Å². The van der Waals surface area contributed by atoms with Crippen molar-refractivity contribution >= 4 is 33.3 Å². The van der Waals surface area contributed by atoms with E-state index in [0.29, 0.717) is 0 Å². The number of H-pyrrole nitrogens is 2. The van der Waals surface area contributed by atoms with Gasteiger partial charge in [-0.15, -0.1) is 0 Å². The van der Waals surface area contributed by atoms with E-state index >= 15 is 0 Å². The summed E-state index contributed by atoms with van der Waals surface area (Å²) in [4.78, 5) is 9.79. The number of hydrogen-bond donors (Lipinski definition) is 2. The van der Waals surface area contributed by atoms with Gasteiger partial charge in [0.25, 0.3) is 0 Å².